The van der Waals surface area contributed by atoms with Crippen molar-refractivity contribution in [3.63, 3.8) is 0 Å². The molecule has 3 rings (SSSR count). The first-order chi connectivity index (χ1) is 9.65. The maximum absolute atomic E-state index is 12.2. The number of nitrogens with zero attached hydrogens (tertiary/aromatic N) is 2. The van der Waals surface area contributed by atoms with Crippen molar-refractivity contribution in [2.75, 3.05) is 5.32 Å². The lowest BCUT2D eigenvalue weighted by Gasteiger charge is -2.30. The largest absolute Gasteiger partial charge is 0.550 e. The van der Waals surface area contributed by atoms with Gasteiger partial charge in [0.15, 0.2) is 0 Å². The summed E-state index contributed by atoms with van der Waals surface area (Å²) in [6, 6.07) is 0. The number of hydrogen-bond donors (Lipinski definition) is 1. The molecule has 0 bridgehead atoms. The Morgan fingerprint density at radius 3 is 2.45 bits per heavy atom. The fraction of sp³-hybridized carbons (Fsp3) is 0.692. The molecule has 1 aromatic heterocycles. The Balaban J connectivity index is 1.65. The van der Waals surface area contributed by atoms with Gasteiger partial charge < -0.3 is 15.2 Å². The Labute approximate surface area is 120 Å². The summed E-state index contributed by atoms with van der Waals surface area (Å²) in [5.41, 5.74) is 0. The molecule has 2 fully saturated rings. The third-order valence-corrected chi connectivity index (χ3v) is 5.00. The molecule has 1 heterocycles. The fourth-order valence-corrected chi connectivity index (χ4v) is 3.62. The topological polar surface area (TPSA) is 95.0 Å². The number of aliphatic carboxylic acids is 1. The highest BCUT2D eigenvalue weighted by atomic mass is 32.1. The second-order valence-electron chi connectivity index (χ2n) is 5.53. The van der Waals surface area contributed by atoms with Gasteiger partial charge in [0, 0.05) is 23.7 Å². The van der Waals surface area contributed by atoms with Gasteiger partial charge in [0.25, 0.3) is 0 Å². The van der Waals surface area contributed by atoms with E-state index in [2.05, 4.69) is 15.5 Å². The number of rotatable bonds is 4. The number of carbonyl (C=O) groups excluding carboxylic acids is 2. The Kier molecular flexibility index (Phi) is 3.69. The summed E-state index contributed by atoms with van der Waals surface area (Å²) in [5.74, 6) is -2.08. The van der Waals surface area contributed by atoms with Crippen molar-refractivity contribution >= 4 is 28.3 Å². The SMILES string of the molecule is O=C([O-])[C@H]1CCCC[C@H]1C(=O)Nc1nnc(C2CC2)s1. The smallest absolute Gasteiger partial charge is 0.229 e. The summed E-state index contributed by atoms with van der Waals surface area (Å²) < 4.78 is 0. The molecule has 6 nitrogen and oxygen atoms in total. The highest BCUT2D eigenvalue weighted by molar-refractivity contribution is 7.15. The number of amides is 1. The van der Waals surface area contributed by atoms with Gasteiger partial charge in [0.2, 0.25) is 11.0 Å². The van der Waals surface area contributed by atoms with Crippen molar-refractivity contribution < 1.29 is 14.7 Å². The number of aromatic nitrogens is 2. The predicted octanol–water partition coefficient (Wildman–Crippen LogP) is 0.910. The van der Waals surface area contributed by atoms with Crippen molar-refractivity contribution in [3.05, 3.63) is 5.01 Å². The number of carbonyl (C=O) groups is 2. The number of nitrogens with one attached hydrogen (secondary N) is 1. The van der Waals surface area contributed by atoms with Crippen LogP contribution >= 0.6 is 11.3 Å². The van der Waals surface area contributed by atoms with E-state index in [0.29, 0.717) is 23.9 Å². The second-order valence-corrected chi connectivity index (χ2v) is 6.53. The first kappa shape index (κ1) is 13.5. The van der Waals surface area contributed by atoms with Gasteiger partial charge >= 0.3 is 0 Å². The Hall–Kier alpha value is -1.50. The lowest BCUT2D eigenvalue weighted by Crippen LogP contribution is -2.42. The maximum Gasteiger partial charge on any atom is 0.229 e. The molecule has 2 aliphatic carbocycles. The summed E-state index contributed by atoms with van der Waals surface area (Å²) in [7, 11) is 0. The van der Waals surface area contributed by atoms with Crippen molar-refractivity contribution in [2.24, 2.45) is 11.8 Å². The number of carboxylic acids is 1. The maximum atomic E-state index is 12.2. The van der Waals surface area contributed by atoms with Crippen molar-refractivity contribution in [1.82, 2.24) is 10.2 Å². The molecule has 0 spiro atoms. The van der Waals surface area contributed by atoms with Crippen LogP contribution in [0.25, 0.3) is 0 Å². The average Bonchev–Trinajstić information content (AvgIpc) is 3.19. The fourth-order valence-electron chi connectivity index (χ4n) is 2.71. The minimum atomic E-state index is -1.12. The molecule has 1 N–H and O–H groups in total. The van der Waals surface area contributed by atoms with Crippen molar-refractivity contribution in [2.45, 2.75) is 44.4 Å². The highest BCUT2D eigenvalue weighted by Gasteiger charge is 2.33. The molecule has 1 aromatic rings. The van der Waals surface area contributed by atoms with Gasteiger partial charge in [-0.1, -0.05) is 24.2 Å². The average molecular weight is 294 g/mol. The molecule has 0 unspecified atom stereocenters. The van der Waals surface area contributed by atoms with E-state index in [1.807, 2.05) is 0 Å². The van der Waals surface area contributed by atoms with Gasteiger partial charge in [-0.25, -0.2) is 0 Å². The number of anilines is 1. The van der Waals surface area contributed by atoms with E-state index in [1.165, 1.54) is 11.3 Å². The van der Waals surface area contributed by atoms with E-state index >= 15 is 0 Å². The standard InChI is InChI=1S/C13H17N3O3S/c17-10(8-3-1-2-4-9(8)12(18)19)14-13-16-15-11(20-13)7-5-6-7/h7-9H,1-6H2,(H,18,19)(H,14,16,17)/p-1/t8-,9+/m1/s1. The predicted molar refractivity (Wildman–Crippen MR) is 71.0 cm³/mol. The molecule has 108 valence electrons. The zero-order chi connectivity index (χ0) is 14.1. The van der Waals surface area contributed by atoms with E-state index in [9.17, 15) is 14.7 Å². The highest BCUT2D eigenvalue weighted by Crippen LogP contribution is 2.42. The molecular formula is C13H16N3O3S-. The van der Waals surface area contributed by atoms with Crippen LogP contribution in [0.15, 0.2) is 0 Å². The summed E-state index contributed by atoms with van der Waals surface area (Å²) in [6.07, 6.45) is 5.11. The van der Waals surface area contributed by atoms with Crippen molar-refractivity contribution in [1.29, 1.82) is 0 Å². The van der Waals surface area contributed by atoms with Crippen LogP contribution in [0.1, 0.15) is 49.5 Å². The molecule has 7 heteroatoms. The second kappa shape index (κ2) is 5.47. The monoisotopic (exact) mass is 294 g/mol. The lowest BCUT2D eigenvalue weighted by atomic mass is 9.79. The van der Waals surface area contributed by atoms with Crippen LogP contribution in [-0.4, -0.2) is 22.1 Å². The molecular weight excluding hydrogens is 278 g/mol. The Morgan fingerprint density at radius 2 is 1.80 bits per heavy atom. The normalized spacial score (nSPS) is 26.2. The summed E-state index contributed by atoms with van der Waals surface area (Å²) >= 11 is 1.39. The third kappa shape index (κ3) is 2.82. The molecule has 0 aliphatic heterocycles. The van der Waals surface area contributed by atoms with Crippen LogP contribution in [0, 0.1) is 11.8 Å². The molecule has 2 saturated carbocycles. The molecule has 0 radical (unpaired) electrons. The Bertz CT molecular complexity index is 527. The van der Waals surface area contributed by atoms with Crippen LogP contribution in [0.2, 0.25) is 0 Å². The van der Waals surface area contributed by atoms with E-state index in [4.69, 9.17) is 0 Å². The first-order valence-corrected chi connectivity index (χ1v) is 7.82. The van der Waals surface area contributed by atoms with Gasteiger partial charge in [-0.15, -0.1) is 10.2 Å². The van der Waals surface area contributed by atoms with Gasteiger partial charge in [-0.2, -0.15) is 0 Å². The number of hydrogen-bond acceptors (Lipinski definition) is 6. The van der Waals surface area contributed by atoms with Crippen LogP contribution in [-0.2, 0) is 9.59 Å². The molecule has 2 aliphatic rings. The molecule has 0 aromatic carbocycles. The third-order valence-electron chi connectivity index (χ3n) is 4.00. The molecule has 2 atom stereocenters. The van der Waals surface area contributed by atoms with Gasteiger partial charge in [0.1, 0.15) is 5.01 Å². The van der Waals surface area contributed by atoms with Crippen LogP contribution in [0.5, 0.6) is 0 Å². The van der Waals surface area contributed by atoms with Crippen LogP contribution in [0.3, 0.4) is 0 Å². The van der Waals surface area contributed by atoms with Crippen LogP contribution < -0.4 is 10.4 Å². The van der Waals surface area contributed by atoms with Gasteiger partial charge in [0.05, 0.1) is 0 Å². The van der Waals surface area contributed by atoms with E-state index < -0.39 is 17.8 Å². The minimum absolute atomic E-state index is 0.266. The van der Waals surface area contributed by atoms with Gasteiger partial charge in [-0.05, 0) is 25.7 Å². The summed E-state index contributed by atoms with van der Waals surface area (Å²) in [5, 5.41) is 23.3. The van der Waals surface area contributed by atoms with E-state index in [0.717, 1.165) is 30.7 Å². The molecule has 20 heavy (non-hydrogen) atoms. The number of carboxylic acid groups (broad SMARTS) is 1. The van der Waals surface area contributed by atoms with Gasteiger partial charge in [-0.3, -0.25) is 4.79 Å². The molecule has 0 saturated heterocycles. The van der Waals surface area contributed by atoms with Crippen molar-refractivity contribution in [3.8, 4) is 0 Å². The summed E-state index contributed by atoms with van der Waals surface area (Å²) in [4.78, 5) is 23.3. The quantitative estimate of drug-likeness (QED) is 0.890. The zero-order valence-corrected chi connectivity index (χ0v) is 11.8. The minimum Gasteiger partial charge on any atom is -0.550 e. The zero-order valence-electron chi connectivity index (χ0n) is 11.0. The Morgan fingerprint density at radius 1 is 1.10 bits per heavy atom. The molecule has 1 amide bonds. The lowest BCUT2D eigenvalue weighted by molar-refractivity contribution is -0.313. The first-order valence-electron chi connectivity index (χ1n) is 7.00. The van der Waals surface area contributed by atoms with E-state index in [-0.39, 0.29) is 5.91 Å². The van der Waals surface area contributed by atoms with Crippen LogP contribution in [0.4, 0.5) is 5.13 Å². The summed E-state index contributed by atoms with van der Waals surface area (Å²) in [6.45, 7) is 0. The van der Waals surface area contributed by atoms with E-state index in [1.54, 1.807) is 0 Å².